The molecule has 0 aromatic carbocycles. The van der Waals surface area contributed by atoms with Gasteiger partial charge in [-0.15, -0.1) is 0 Å². The number of nitrogens with one attached hydrogen (secondary N) is 1. The first-order chi connectivity index (χ1) is 8.39. The van der Waals surface area contributed by atoms with Crippen molar-refractivity contribution in [1.29, 1.82) is 0 Å². The average molecular weight is 269 g/mol. The van der Waals surface area contributed by atoms with Gasteiger partial charge in [-0.2, -0.15) is 15.0 Å². The van der Waals surface area contributed by atoms with Gasteiger partial charge in [0.15, 0.2) is 5.16 Å². The summed E-state index contributed by atoms with van der Waals surface area (Å²) in [6, 6.07) is 0. The lowest BCUT2D eigenvalue weighted by Gasteiger charge is -2.21. The second kappa shape index (κ2) is 6.22. The van der Waals surface area contributed by atoms with Crippen LogP contribution in [-0.4, -0.2) is 39.8 Å². The van der Waals surface area contributed by atoms with Crippen LogP contribution in [0.5, 0.6) is 0 Å². The van der Waals surface area contributed by atoms with E-state index in [2.05, 4.69) is 59.8 Å². The Balaban J connectivity index is 3.08. The maximum atomic E-state index is 4.54. The maximum absolute atomic E-state index is 4.54. The van der Waals surface area contributed by atoms with Gasteiger partial charge in [0.1, 0.15) is 0 Å². The van der Waals surface area contributed by atoms with Crippen molar-refractivity contribution in [2.24, 2.45) is 0 Å². The van der Waals surface area contributed by atoms with Crippen molar-refractivity contribution in [1.82, 2.24) is 15.0 Å². The van der Waals surface area contributed by atoms with E-state index in [1.807, 2.05) is 7.05 Å². The number of aromatic nitrogens is 3. The molecule has 1 aromatic heterocycles. The van der Waals surface area contributed by atoms with Crippen molar-refractivity contribution >= 4 is 23.7 Å². The monoisotopic (exact) mass is 269 g/mol. The highest BCUT2D eigenvalue weighted by atomic mass is 32.2. The topological polar surface area (TPSA) is 53.9 Å². The van der Waals surface area contributed by atoms with Crippen molar-refractivity contribution in [3.63, 3.8) is 0 Å². The summed E-state index contributed by atoms with van der Waals surface area (Å²) in [5, 5.41) is 3.76. The van der Waals surface area contributed by atoms with E-state index in [0.717, 1.165) is 24.2 Å². The van der Waals surface area contributed by atoms with Gasteiger partial charge in [0.25, 0.3) is 0 Å². The third-order valence-corrected chi connectivity index (χ3v) is 3.25. The van der Waals surface area contributed by atoms with E-state index in [0.29, 0.717) is 5.95 Å². The normalized spacial score (nSPS) is 11.4. The molecule has 1 rings (SSSR count). The maximum Gasteiger partial charge on any atom is 0.231 e. The van der Waals surface area contributed by atoms with Crippen molar-refractivity contribution < 1.29 is 0 Å². The Bertz CT molecular complexity index is 385. The molecule has 102 valence electrons. The van der Waals surface area contributed by atoms with E-state index in [1.54, 1.807) is 11.8 Å². The molecule has 0 radical (unpaired) electrons. The smallest absolute Gasteiger partial charge is 0.231 e. The molecule has 0 unspecified atom stereocenters. The highest BCUT2D eigenvalue weighted by Gasteiger charge is 2.17. The summed E-state index contributed by atoms with van der Waals surface area (Å²) in [6.45, 7) is 12.4. The third kappa shape index (κ3) is 4.33. The first kappa shape index (κ1) is 15.0. The molecule has 6 heteroatoms. The Morgan fingerprint density at radius 2 is 1.72 bits per heavy atom. The molecule has 5 nitrogen and oxygen atoms in total. The van der Waals surface area contributed by atoms with Crippen molar-refractivity contribution in [2.45, 2.75) is 44.5 Å². The molecule has 1 aromatic rings. The molecule has 0 spiro atoms. The number of anilines is 2. The average Bonchev–Trinajstić information content (AvgIpc) is 2.28. The number of rotatable bonds is 5. The van der Waals surface area contributed by atoms with Crippen molar-refractivity contribution in [3.05, 3.63) is 0 Å². The molecule has 0 saturated heterocycles. The second-order valence-electron chi connectivity index (χ2n) is 4.88. The fourth-order valence-electron chi connectivity index (χ4n) is 1.43. The van der Waals surface area contributed by atoms with E-state index >= 15 is 0 Å². The summed E-state index contributed by atoms with van der Waals surface area (Å²) in [6.07, 6.45) is 0. The van der Waals surface area contributed by atoms with Gasteiger partial charge in [0, 0.05) is 24.9 Å². The van der Waals surface area contributed by atoms with Crippen LogP contribution in [0.3, 0.4) is 0 Å². The van der Waals surface area contributed by atoms with Gasteiger partial charge in [0.2, 0.25) is 11.9 Å². The summed E-state index contributed by atoms with van der Waals surface area (Å²) in [5.41, 5.74) is 0. The van der Waals surface area contributed by atoms with E-state index in [-0.39, 0.29) is 4.75 Å². The minimum absolute atomic E-state index is 0.0902. The van der Waals surface area contributed by atoms with Gasteiger partial charge in [-0.25, -0.2) is 0 Å². The predicted octanol–water partition coefficient (Wildman–Crippen LogP) is 2.65. The van der Waals surface area contributed by atoms with Crippen LogP contribution in [0.15, 0.2) is 5.16 Å². The zero-order valence-corrected chi connectivity index (χ0v) is 12.9. The van der Waals surface area contributed by atoms with E-state index in [4.69, 9.17) is 0 Å². The van der Waals surface area contributed by atoms with Gasteiger partial charge >= 0.3 is 0 Å². The molecule has 0 aliphatic carbocycles. The van der Waals surface area contributed by atoms with Gasteiger partial charge in [0.05, 0.1) is 0 Å². The molecular weight excluding hydrogens is 246 g/mol. The van der Waals surface area contributed by atoms with E-state index in [9.17, 15) is 0 Å². The van der Waals surface area contributed by atoms with Crippen molar-refractivity contribution in [2.75, 3.05) is 30.4 Å². The fraction of sp³-hybridized carbons (Fsp3) is 0.750. The lowest BCUT2D eigenvalue weighted by Crippen LogP contribution is -2.25. The van der Waals surface area contributed by atoms with Gasteiger partial charge in [-0.05, 0) is 13.8 Å². The van der Waals surface area contributed by atoms with Crippen LogP contribution in [0.4, 0.5) is 11.9 Å². The second-order valence-corrected chi connectivity index (χ2v) is 6.67. The predicted molar refractivity (Wildman–Crippen MR) is 78.5 cm³/mol. The van der Waals surface area contributed by atoms with E-state index < -0.39 is 0 Å². The van der Waals surface area contributed by atoms with Crippen LogP contribution in [0.1, 0.15) is 34.6 Å². The zero-order chi connectivity index (χ0) is 13.8. The Kier molecular flexibility index (Phi) is 5.19. The van der Waals surface area contributed by atoms with Crippen LogP contribution in [-0.2, 0) is 0 Å². The molecule has 0 saturated carbocycles. The molecule has 0 atom stereocenters. The molecule has 1 N–H and O–H groups in total. The Labute approximate surface area is 114 Å². The van der Waals surface area contributed by atoms with Crippen LogP contribution in [0.2, 0.25) is 0 Å². The fourth-order valence-corrected chi connectivity index (χ4v) is 2.23. The highest BCUT2D eigenvalue weighted by molar-refractivity contribution is 8.00. The minimum Gasteiger partial charge on any atom is -0.357 e. The first-order valence-corrected chi connectivity index (χ1v) is 7.09. The SMILES string of the molecule is CCN(CC)c1nc(NC)nc(SC(C)(C)C)n1. The Morgan fingerprint density at radius 3 is 2.17 bits per heavy atom. The highest BCUT2D eigenvalue weighted by Crippen LogP contribution is 2.30. The summed E-state index contributed by atoms with van der Waals surface area (Å²) in [4.78, 5) is 15.5. The molecule has 0 aliphatic rings. The van der Waals surface area contributed by atoms with Gasteiger partial charge in [-0.1, -0.05) is 32.5 Å². The van der Waals surface area contributed by atoms with Gasteiger partial charge in [-0.3, -0.25) is 0 Å². The number of hydrogen-bond donors (Lipinski definition) is 1. The Hall–Kier alpha value is -1.04. The largest absolute Gasteiger partial charge is 0.357 e. The van der Waals surface area contributed by atoms with Crippen LogP contribution >= 0.6 is 11.8 Å². The standard InChI is InChI=1S/C12H23N5S/c1-7-17(8-2)10-14-9(13-6)15-11(16-10)18-12(3,4)5/h7-8H2,1-6H3,(H,13,14,15,16). The summed E-state index contributed by atoms with van der Waals surface area (Å²) < 4.78 is 0.0902. The zero-order valence-electron chi connectivity index (χ0n) is 12.1. The lowest BCUT2D eigenvalue weighted by atomic mass is 10.3. The van der Waals surface area contributed by atoms with Crippen LogP contribution < -0.4 is 10.2 Å². The quantitative estimate of drug-likeness (QED) is 0.829. The molecule has 0 bridgehead atoms. The number of nitrogens with zero attached hydrogens (tertiary/aromatic N) is 4. The Morgan fingerprint density at radius 1 is 1.11 bits per heavy atom. The van der Waals surface area contributed by atoms with Crippen LogP contribution in [0.25, 0.3) is 0 Å². The summed E-state index contributed by atoms with van der Waals surface area (Å²) in [5.74, 6) is 1.37. The molecule has 0 fully saturated rings. The lowest BCUT2D eigenvalue weighted by molar-refractivity contribution is 0.766. The molecule has 0 aliphatic heterocycles. The van der Waals surface area contributed by atoms with Crippen molar-refractivity contribution in [3.8, 4) is 0 Å². The first-order valence-electron chi connectivity index (χ1n) is 6.27. The molecule has 0 amide bonds. The molecule has 18 heavy (non-hydrogen) atoms. The molecule has 1 heterocycles. The summed E-state index contributed by atoms with van der Waals surface area (Å²) in [7, 11) is 1.83. The number of thioether (sulfide) groups is 1. The summed E-state index contributed by atoms with van der Waals surface area (Å²) >= 11 is 1.65. The van der Waals surface area contributed by atoms with Crippen LogP contribution in [0, 0.1) is 0 Å². The van der Waals surface area contributed by atoms with E-state index in [1.165, 1.54) is 0 Å². The molecular formula is C12H23N5S. The van der Waals surface area contributed by atoms with Gasteiger partial charge < -0.3 is 10.2 Å². The minimum atomic E-state index is 0.0902. The number of hydrogen-bond acceptors (Lipinski definition) is 6. The third-order valence-electron chi connectivity index (χ3n) is 2.27.